The van der Waals surface area contributed by atoms with Crippen LogP contribution in [0, 0.1) is 0 Å². The Kier molecular flexibility index (Phi) is 5.11. The number of rotatable bonds is 3. The first-order valence-corrected chi connectivity index (χ1v) is 11.3. The molecule has 0 bridgehead atoms. The van der Waals surface area contributed by atoms with Crippen molar-refractivity contribution in [2.45, 2.75) is 18.6 Å². The second kappa shape index (κ2) is 4.47. The molecule has 0 saturated heterocycles. The molecular weight excluding hydrogens is 361 g/mol. The minimum absolute atomic E-state index is 0.190. The molecule has 1 unspecified atom stereocenters. The van der Waals surface area contributed by atoms with Gasteiger partial charge < -0.3 is 0 Å². The molecular formula is C3H4Br3F3Si. The van der Waals surface area contributed by atoms with Crippen LogP contribution in [0.5, 0.6) is 0 Å². The minimum atomic E-state index is -2.89. The molecule has 0 aliphatic carbocycles. The third kappa shape index (κ3) is 6.18. The van der Waals surface area contributed by atoms with E-state index in [9.17, 15) is 13.2 Å². The highest BCUT2D eigenvalue weighted by molar-refractivity contribution is 9.72. The van der Waals surface area contributed by atoms with E-state index in [1.165, 1.54) is 0 Å². The average molecular weight is 365 g/mol. The Morgan fingerprint density at radius 2 is 1.50 bits per heavy atom. The zero-order valence-corrected chi connectivity index (χ0v) is 10.4. The third-order valence-corrected chi connectivity index (χ3v) is 4.47. The van der Waals surface area contributed by atoms with Gasteiger partial charge in [-0.25, -0.2) is 13.2 Å². The van der Waals surface area contributed by atoms with E-state index in [1.807, 2.05) is 0 Å². The molecule has 0 radical (unpaired) electrons. The summed E-state index contributed by atoms with van der Waals surface area (Å²) in [4.78, 5) is 0. The minimum Gasteiger partial charge on any atom is -0.241 e. The lowest BCUT2D eigenvalue weighted by atomic mass is 10.5. The van der Waals surface area contributed by atoms with Gasteiger partial charge in [0.1, 0.15) is 0 Å². The molecule has 10 heavy (non-hydrogen) atoms. The van der Waals surface area contributed by atoms with E-state index in [4.69, 9.17) is 0 Å². The first-order valence-electron chi connectivity index (χ1n) is 2.32. The fourth-order valence-electron chi connectivity index (χ4n) is 0.310. The first kappa shape index (κ1) is 11.4. The monoisotopic (exact) mass is 362 g/mol. The van der Waals surface area contributed by atoms with Crippen LogP contribution >= 0.6 is 45.9 Å². The van der Waals surface area contributed by atoms with Gasteiger partial charge in [-0.3, -0.25) is 0 Å². The average Bonchev–Trinajstić information content (AvgIpc) is 1.60. The predicted molar refractivity (Wildman–Crippen MR) is 48.2 cm³/mol. The summed E-state index contributed by atoms with van der Waals surface area (Å²) in [7, 11) is 0. The van der Waals surface area contributed by atoms with Crippen molar-refractivity contribution in [1.29, 1.82) is 0 Å². The van der Waals surface area contributed by atoms with Crippen LogP contribution in [-0.2, 0) is 0 Å². The van der Waals surface area contributed by atoms with Gasteiger partial charge in [0.2, 0.25) is 0 Å². The van der Waals surface area contributed by atoms with Gasteiger partial charge in [0.05, 0.1) is 0 Å². The molecule has 0 fully saturated rings. The lowest BCUT2D eigenvalue weighted by molar-refractivity contribution is 0.0604. The first-order chi connectivity index (χ1) is 4.33. The summed E-state index contributed by atoms with van der Waals surface area (Å²) in [5.41, 5.74) is 0. The van der Waals surface area contributed by atoms with Crippen LogP contribution in [0.4, 0.5) is 13.2 Å². The maximum absolute atomic E-state index is 12.2. The molecule has 0 spiro atoms. The molecule has 62 valence electrons. The zero-order valence-electron chi connectivity index (χ0n) is 4.63. The lowest BCUT2D eigenvalue weighted by Crippen LogP contribution is -2.20. The Hall–Kier alpha value is 1.45. The summed E-state index contributed by atoms with van der Waals surface area (Å²) in [6.45, 7) is 0. The van der Waals surface area contributed by atoms with Crippen molar-refractivity contribution in [3.05, 3.63) is 0 Å². The second-order valence-corrected chi connectivity index (χ2v) is 25.1. The number of hydrogen-bond acceptors (Lipinski definition) is 0. The van der Waals surface area contributed by atoms with Gasteiger partial charge in [0.25, 0.3) is 10.4 Å². The van der Waals surface area contributed by atoms with Gasteiger partial charge in [-0.05, 0) is 0 Å². The van der Waals surface area contributed by atoms with Crippen molar-refractivity contribution in [2.24, 2.45) is 0 Å². The van der Waals surface area contributed by atoms with Crippen LogP contribution in [0.15, 0.2) is 0 Å². The SMILES string of the molecule is FC(F)C(F)C[Si](Br)(Br)Br. The summed E-state index contributed by atoms with van der Waals surface area (Å²) in [5, 5.41) is 0. The van der Waals surface area contributed by atoms with Crippen LogP contribution in [0.1, 0.15) is 0 Å². The molecule has 7 heteroatoms. The van der Waals surface area contributed by atoms with Gasteiger partial charge in [0, 0.05) is 6.04 Å². The highest BCUT2D eigenvalue weighted by atomic mass is 80.0. The molecule has 0 aromatic rings. The van der Waals surface area contributed by atoms with E-state index in [0.29, 0.717) is 0 Å². The largest absolute Gasteiger partial charge is 0.270 e. The van der Waals surface area contributed by atoms with E-state index >= 15 is 0 Å². The highest BCUT2D eigenvalue weighted by Gasteiger charge is 2.32. The molecule has 0 aliphatic heterocycles. The summed E-state index contributed by atoms with van der Waals surface area (Å²) in [6, 6.07) is -0.190. The van der Waals surface area contributed by atoms with Crippen LogP contribution in [-0.4, -0.2) is 16.5 Å². The Labute approximate surface area is 81.3 Å². The van der Waals surface area contributed by atoms with E-state index in [1.54, 1.807) is 0 Å². The molecule has 0 N–H and O–H groups in total. The molecule has 0 heterocycles. The summed E-state index contributed by atoms with van der Waals surface area (Å²) < 4.78 is 33.1. The van der Waals surface area contributed by atoms with Crippen molar-refractivity contribution in [1.82, 2.24) is 0 Å². The summed E-state index contributed by atoms with van der Waals surface area (Å²) >= 11 is 9.14. The summed E-state index contributed by atoms with van der Waals surface area (Å²) in [6.07, 6.45) is -4.94. The van der Waals surface area contributed by atoms with Crippen LogP contribution < -0.4 is 0 Å². The van der Waals surface area contributed by atoms with Crippen LogP contribution in [0.2, 0.25) is 6.04 Å². The lowest BCUT2D eigenvalue weighted by Gasteiger charge is -2.11. The van der Waals surface area contributed by atoms with Crippen molar-refractivity contribution >= 4 is 49.8 Å². The maximum atomic E-state index is 12.2. The van der Waals surface area contributed by atoms with Gasteiger partial charge in [-0.2, -0.15) is 0 Å². The van der Waals surface area contributed by atoms with Gasteiger partial charge in [-0.1, -0.05) is 45.9 Å². The Balaban J connectivity index is 3.68. The molecule has 1 atom stereocenters. The fourth-order valence-corrected chi connectivity index (χ4v) is 3.71. The number of hydrogen-bond donors (Lipinski definition) is 0. The molecule has 0 aromatic carbocycles. The van der Waals surface area contributed by atoms with Crippen LogP contribution in [0.3, 0.4) is 0 Å². The Bertz CT molecular complexity index is 104. The van der Waals surface area contributed by atoms with E-state index in [-0.39, 0.29) is 6.04 Å². The molecule has 0 rings (SSSR count). The molecule has 0 amide bonds. The van der Waals surface area contributed by atoms with E-state index in [2.05, 4.69) is 45.9 Å². The second-order valence-electron chi connectivity index (χ2n) is 1.67. The topological polar surface area (TPSA) is 0 Å². The summed E-state index contributed by atoms with van der Waals surface area (Å²) in [5.74, 6) is 0. The van der Waals surface area contributed by atoms with Crippen molar-refractivity contribution in [2.75, 3.05) is 0 Å². The Morgan fingerprint density at radius 1 is 1.10 bits per heavy atom. The van der Waals surface area contributed by atoms with E-state index < -0.39 is 16.5 Å². The quantitative estimate of drug-likeness (QED) is 0.529. The molecule has 0 aliphatic rings. The standard InChI is InChI=1S/C3H4Br3F3Si/c4-10(5,6)1-2(7)3(8)9/h2-3H,1H2. The molecule has 0 saturated carbocycles. The maximum Gasteiger partial charge on any atom is 0.270 e. The number of halogens is 6. The predicted octanol–water partition coefficient (Wildman–Crippen LogP) is 3.71. The number of alkyl halides is 3. The third-order valence-electron chi connectivity index (χ3n) is 0.700. The normalized spacial score (nSPS) is 15.9. The smallest absolute Gasteiger partial charge is 0.241 e. The molecule has 0 aromatic heterocycles. The van der Waals surface area contributed by atoms with E-state index in [0.717, 1.165) is 0 Å². The Morgan fingerprint density at radius 3 is 1.60 bits per heavy atom. The van der Waals surface area contributed by atoms with Crippen molar-refractivity contribution < 1.29 is 13.2 Å². The van der Waals surface area contributed by atoms with Crippen molar-refractivity contribution in [3.63, 3.8) is 0 Å². The highest BCUT2D eigenvalue weighted by Crippen LogP contribution is 2.35. The van der Waals surface area contributed by atoms with Crippen molar-refractivity contribution in [3.8, 4) is 0 Å². The fraction of sp³-hybridized carbons (Fsp3) is 1.00. The van der Waals surface area contributed by atoms with Gasteiger partial charge >= 0.3 is 0 Å². The molecule has 0 nitrogen and oxygen atoms in total. The van der Waals surface area contributed by atoms with Crippen LogP contribution in [0.25, 0.3) is 0 Å². The zero-order chi connectivity index (χ0) is 8.36. The van der Waals surface area contributed by atoms with Gasteiger partial charge in [-0.15, -0.1) is 0 Å². The van der Waals surface area contributed by atoms with Gasteiger partial charge in [0.15, 0.2) is 6.17 Å².